The Morgan fingerprint density at radius 2 is 1.75 bits per heavy atom. The maximum absolute atomic E-state index is 14.0. The van der Waals surface area contributed by atoms with Crippen LogP contribution in [0, 0.1) is 5.82 Å². The van der Waals surface area contributed by atoms with Gasteiger partial charge in [0.05, 0.1) is 5.69 Å². The maximum Gasteiger partial charge on any atom is 0.244 e. The summed E-state index contributed by atoms with van der Waals surface area (Å²) in [6, 6.07) is 2.25. The van der Waals surface area contributed by atoms with Gasteiger partial charge in [-0.1, -0.05) is 32.4 Å². The minimum absolute atomic E-state index is 0.0828. The third kappa shape index (κ3) is 3.42. The fourth-order valence-electron chi connectivity index (χ4n) is 2.09. The number of nitrogen functional groups attached to an aromatic ring is 1. The molecule has 0 fully saturated rings. The Labute approximate surface area is 124 Å². The number of benzene rings is 1. The Balaban J connectivity index is 3.31. The Morgan fingerprint density at radius 3 is 2.20 bits per heavy atom. The van der Waals surface area contributed by atoms with Gasteiger partial charge in [0.2, 0.25) is 10.0 Å². The van der Waals surface area contributed by atoms with E-state index in [-0.39, 0.29) is 10.7 Å². The van der Waals surface area contributed by atoms with Gasteiger partial charge in [-0.2, -0.15) is 0 Å². The summed E-state index contributed by atoms with van der Waals surface area (Å²) in [5, 5.41) is 0.0828. The Hall–Kier alpha value is -0.850. The van der Waals surface area contributed by atoms with E-state index in [0.29, 0.717) is 19.3 Å². The molecule has 0 aliphatic heterocycles. The van der Waals surface area contributed by atoms with Crippen molar-refractivity contribution in [3.05, 3.63) is 23.0 Å². The van der Waals surface area contributed by atoms with E-state index in [2.05, 4.69) is 4.72 Å². The molecule has 1 aromatic rings. The van der Waals surface area contributed by atoms with Crippen LogP contribution >= 0.6 is 11.6 Å². The van der Waals surface area contributed by atoms with Crippen molar-refractivity contribution in [2.45, 2.75) is 50.5 Å². The first-order chi connectivity index (χ1) is 9.21. The number of hydrogen-bond donors (Lipinski definition) is 2. The first kappa shape index (κ1) is 17.2. The largest absolute Gasteiger partial charge is 0.396 e. The SMILES string of the molecule is CCC(CC)(CC)NS(=O)(=O)c1cc(Cl)cc(N)c1F. The van der Waals surface area contributed by atoms with Gasteiger partial charge in [-0.3, -0.25) is 0 Å². The van der Waals surface area contributed by atoms with Crippen molar-refractivity contribution >= 4 is 27.3 Å². The number of halogens is 2. The number of rotatable bonds is 6. The minimum Gasteiger partial charge on any atom is -0.396 e. The van der Waals surface area contributed by atoms with Crippen molar-refractivity contribution in [3.8, 4) is 0 Å². The van der Waals surface area contributed by atoms with Gasteiger partial charge >= 0.3 is 0 Å². The number of anilines is 1. The molecule has 0 saturated heterocycles. The predicted octanol–water partition coefficient (Wildman–Crippen LogP) is 3.31. The molecule has 0 unspecified atom stereocenters. The summed E-state index contributed by atoms with van der Waals surface area (Å²) in [6.45, 7) is 5.66. The molecule has 114 valence electrons. The van der Waals surface area contributed by atoms with Crippen LogP contribution in [0.2, 0.25) is 5.02 Å². The van der Waals surface area contributed by atoms with Crippen molar-refractivity contribution in [2.24, 2.45) is 0 Å². The third-order valence-electron chi connectivity index (χ3n) is 3.70. The van der Waals surface area contributed by atoms with Crippen LogP contribution in [-0.4, -0.2) is 14.0 Å². The lowest BCUT2D eigenvalue weighted by molar-refractivity contribution is 0.341. The molecule has 0 saturated carbocycles. The Bertz CT molecular complexity index is 578. The molecule has 1 rings (SSSR count). The smallest absolute Gasteiger partial charge is 0.244 e. The van der Waals surface area contributed by atoms with Gasteiger partial charge in [0, 0.05) is 10.6 Å². The molecular weight excluding hydrogens is 303 g/mol. The molecule has 3 N–H and O–H groups in total. The summed E-state index contributed by atoms with van der Waals surface area (Å²) in [5.41, 5.74) is 4.55. The molecule has 0 radical (unpaired) electrons. The summed E-state index contributed by atoms with van der Waals surface area (Å²) in [6.07, 6.45) is 1.82. The summed E-state index contributed by atoms with van der Waals surface area (Å²) in [7, 11) is -4.02. The first-order valence-electron chi connectivity index (χ1n) is 6.49. The fraction of sp³-hybridized carbons (Fsp3) is 0.538. The summed E-state index contributed by atoms with van der Waals surface area (Å²) in [4.78, 5) is -0.512. The molecule has 0 amide bonds. The van der Waals surface area contributed by atoms with Crippen LogP contribution in [0.1, 0.15) is 40.0 Å². The van der Waals surface area contributed by atoms with E-state index in [4.69, 9.17) is 17.3 Å². The monoisotopic (exact) mass is 322 g/mol. The van der Waals surface area contributed by atoms with Crippen LogP contribution < -0.4 is 10.5 Å². The van der Waals surface area contributed by atoms with Gasteiger partial charge in [-0.05, 0) is 31.4 Å². The number of nitrogens with two attached hydrogens (primary N) is 1. The zero-order chi connectivity index (χ0) is 15.6. The van der Waals surface area contributed by atoms with E-state index in [1.165, 1.54) is 6.07 Å². The zero-order valence-corrected chi connectivity index (χ0v) is 13.4. The molecule has 1 aromatic carbocycles. The van der Waals surface area contributed by atoms with E-state index in [9.17, 15) is 12.8 Å². The quantitative estimate of drug-likeness (QED) is 0.789. The van der Waals surface area contributed by atoms with E-state index < -0.39 is 26.3 Å². The molecule has 0 bridgehead atoms. The lowest BCUT2D eigenvalue weighted by atomic mass is 9.91. The van der Waals surface area contributed by atoms with Crippen molar-refractivity contribution in [2.75, 3.05) is 5.73 Å². The second-order valence-corrected chi connectivity index (χ2v) is 6.84. The van der Waals surface area contributed by atoms with Gasteiger partial charge in [0.25, 0.3) is 0 Å². The van der Waals surface area contributed by atoms with Crippen LogP contribution in [0.25, 0.3) is 0 Å². The molecule has 0 spiro atoms. The molecule has 20 heavy (non-hydrogen) atoms. The van der Waals surface area contributed by atoms with E-state index >= 15 is 0 Å². The standard InChI is InChI=1S/C13H20ClFN2O2S/c1-4-13(5-2,6-3)17-20(18,19)11-8-9(14)7-10(16)12(11)15/h7-8,17H,4-6,16H2,1-3H3. The van der Waals surface area contributed by atoms with Crippen molar-refractivity contribution in [1.29, 1.82) is 0 Å². The molecule has 7 heteroatoms. The lowest BCUT2D eigenvalue weighted by Crippen LogP contribution is -2.47. The second-order valence-electron chi connectivity index (χ2n) is 4.75. The lowest BCUT2D eigenvalue weighted by Gasteiger charge is -2.31. The normalized spacial score (nSPS) is 12.7. The van der Waals surface area contributed by atoms with Crippen LogP contribution in [0.3, 0.4) is 0 Å². The molecule has 4 nitrogen and oxygen atoms in total. The van der Waals surface area contributed by atoms with Gasteiger partial charge < -0.3 is 5.73 Å². The van der Waals surface area contributed by atoms with Crippen molar-refractivity contribution in [1.82, 2.24) is 4.72 Å². The highest BCUT2D eigenvalue weighted by molar-refractivity contribution is 7.89. The third-order valence-corrected chi connectivity index (χ3v) is 5.50. The topological polar surface area (TPSA) is 72.2 Å². The van der Waals surface area contributed by atoms with Crippen LogP contribution in [0.15, 0.2) is 17.0 Å². The van der Waals surface area contributed by atoms with Crippen molar-refractivity contribution < 1.29 is 12.8 Å². The Morgan fingerprint density at radius 1 is 1.25 bits per heavy atom. The number of hydrogen-bond acceptors (Lipinski definition) is 3. The molecule has 0 heterocycles. The van der Waals surface area contributed by atoms with E-state index in [1.807, 2.05) is 20.8 Å². The minimum atomic E-state index is -4.02. The average Bonchev–Trinajstić information content (AvgIpc) is 2.40. The van der Waals surface area contributed by atoms with Gasteiger partial charge in [0.1, 0.15) is 4.90 Å². The number of nitrogens with one attached hydrogen (secondary N) is 1. The maximum atomic E-state index is 14.0. The van der Waals surface area contributed by atoms with Crippen LogP contribution in [-0.2, 0) is 10.0 Å². The highest BCUT2D eigenvalue weighted by atomic mass is 35.5. The molecule has 0 aromatic heterocycles. The zero-order valence-electron chi connectivity index (χ0n) is 11.8. The highest BCUT2D eigenvalue weighted by Crippen LogP contribution is 2.28. The van der Waals surface area contributed by atoms with E-state index in [0.717, 1.165) is 6.07 Å². The molecule has 0 aliphatic rings. The van der Waals surface area contributed by atoms with Crippen molar-refractivity contribution in [3.63, 3.8) is 0 Å². The molecule has 0 atom stereocenters. The first-order valence-corrected chi connectivity index (χ1v) is 8.36. The van der Waals surface area contributed by atoms with Gasteiger partial charge in [-0.15, -0.1) is 0 Å². The Kier molecular flexibility index (Phi) is 5.40. The fourth-order valence-corrected chi connectivity index (χ4v) is 4.13. The summed E-state index contributed by atoms with van der Waals surface area (Å²) < 4.78 is 41.3. The highest BCUT2D eigenvalue weighted by Gasteiger charge is 2.32. The number of sulfonamides is 1. The van der Waals surface area contributed by atoms with Gasteiger partial charge in [0.15, 0.2) is 5.82 Å². The summed E-state index contributed by atoms with van der Waals surface area (Å²) in [5.74, 6) is -0.973. The summed E-state index contributed by atoms with van der Waals surface area (Å²) >= 11 is 5.76. The van der Waals surface area contributed by atoms with Gasteiger partial charge in [-0.25, -0.2) is 17.5 Å². The molecule has 0 aliphatic carbocycles. The van der Waals surface area contributed by atoms with Crippen LogP contribution in [0.5, 0.6) is 0 Å². The predicted molar refractivity (Wildman–Crippen MR) is 79.7 cm³/mol. The second kappa shape index (κ2) is 6.28. The van der Waals surface area contributed by atoms with Crippen LogP contribution in [0.4, 0.5) is 10.1 Å². The average molecular weight is 323 g/mol. The molecular formula is C13H20ClFN2O2S. The van der Waals surface area contributed by atoms with E-state index in [1.54, 1.807) is 0 Å².